The maximum absolute atomic E-state index is 12.1. The zero-order chi connectivity index (χ0) is 18.2. The third-order valence-electron chi connectivity index (χ3n) is 3.92. The summed E-state index contributed by atoms with van der Waals surface area (Å²) in [6, 6.07) is 3.69. The number of nitrogens with zero attached hydrogens (tertiary/aromatic N) is 3. The molecule has 7 nitrogen and oxygen atoms in total. The van der Waals surface area contributed by atoms with Crippen LogP contribution in [0.4, 0.5) is 10.6 Å². The smallest absolute Gasteiger partial charge is 0.444 e. The number of thiophene rings is 1. The van der Waals surface area contributed by atoms with Gasteiger partial charge in [-0.2, -0.15) is 0 Å². The van der Waals surface area contributed by atoms with Crippen LogP contribution in [-0.4, -0.2) is 64.9 Å². The number of aromatic nitrogens is 1. The summed E-state index contributed by atoms with van der Waals surface area (Å²) in [6.07, 6.45) is 1.46. The zero-order valence-electron chi connectivity index (χ0n) is 14.6. The molecule has 1 fully saturated rings. The Bertz CT molecular complexity index is 766. The highest BCUT2D eigenvalue weighted by Gasteiger charge is 2.26. The van der Waals surface area contributed by atoms with E-state index in [0.29, 0.717) is 31.0 Å². The second-order valence-electron chi connectivity index (χ2n) is 7.06. The molecule has 134 valence electrons. The Labute approximate surface area is 151 Å². The van der Waals surface area contributed by atoms with Gasteiger partial charge >= 0.3 is 13.2 Å². The summed E-state index contributed by atoms with van der Waals surface area (Å²) >= 11 is 1.34. The standard InChI is InChI=1S/C16H22BN3O4S/c1-16(2,3)24-15(21)20-6-4-19(5-7-20)14-9-12-11(10-18-14)8-13(25-12)17(22)23/h8-10,22-23H,4-7H2,1-3H3. The fraction of sp³-hybridized carbons (Fsp3) is 0.500. The van der Waals surface area contributed by atoms with Gasteiger partial charge in [0.05, 0.1) is 0 Å². The summed E-state index contributed by atoms with van der Waals surface area (Å²) in [5, 5.41) is 19.5. The molecule has 0 aromatic carbocycles. The Morgan fingerprint density at radius 1 is 1.24 bits per heavy atom. The Balaban J connectivity index is 1.66. The lowest BCUT2D eigenvalue weighted by Gasteiger charge is -2.36. The third kappa shape index (κ3) is 4.23. The molecule has 9 heteroatoms. The van der Waals surface area contributed by atoms with Crippen LogP contribution in [0, 0.1) is 0 Å². The maximum atomic E-state index is 12.1. The van der Waals surface area contributed by atoms with E-state index >= 15 is 0 Å². The molecular formula is C16H22BN3O4S. The molecule has 0 bridgehead atoms. The highest BCUT2D eigenvalue weighted by Crippen LogP contribution is 2.24. The van der Waals surface area contributed by atoms with E-state index in [1.807, 2.05) is 26.8 Å². The van der Waals surface area contributed by atoms with Crippen molar-refractivity contribution >= 4 is 45.2 Å². The first kappa shape index (κ1) is 18.0. The first-order valence-electron chi connectivity index (χ1n) is 8.21. The summed E-state index contributed by atoms with van der Waals surface area (Å²) in [4.78, 5) is 20.4. The average molecular weight is 363 g/mol. The van der Waals surface area contributed by atoms with Gasteiger partial charge in [0.2, 0.25) is 0 Å². The van der Waals surface area contributed by atoms with Crippen LogP contribution in [0.3, 0.4) is 0 Å². The van der Waals surface area contributed by atoms with E-state index < -0.39 is 12.7 Å². The van der Waals surface area contributed by atoms with Crippen molar-refractivity contribution in [1.29, 1.82) is 0 Å². The number of ether oxygens (including phenoxy) is 1. The number of piperazine rings is 1. The fourth-order valence-corrected chi connectivity index (χ4v) is 3.63. The number of hydrogen-bond acceptors (Lipinski definition) is 7. The molecule has 0 spiro atoms. The molecule has 25 heavy (non-hydrogen) atoms. The number of pyridine rings is 1. The minimum absolute atomic E-state index is 0.282. The van der Waals surface area contributed by atoms with Gasteiger partial charge in [-0.15, -0.1) is 11.3 Å². The molecule has 0 radical (unpaired) electrons. The van der Waals surface area contributed by atoms with Crippen LogP contribution < -0.4 is 9.68 Å². The lowest BCUT2D eigenvalue weighted by atomic mass is 9.89. The van der Waals surface area contributed by atoms with Crippen molar-refractivity contribution < 1.29 is 19.6 Å². The summed E-state index contributed by atoms with van der Waals surface area (Å²) < 4.78 is 6.87. The van der Waals surface area contributed by atoms with E-state index in [-0.39, 0.29) is 6.09 Å². The van der Waals surface area contributed by atoms with Crippen LogP contribution in [-0.2, 0) is 4.74 Å². The molecule has 1 aliphatic heterocycles. The molecule has 3 heterocycles. The number of rotatable bonds is 2. The van der Waals surface area contributed by atoms with Crippen molar-refractivity contribution in [3.63, 3.8) is 0 Å². The number of anilines is 1. The Hall–Kier alpha value is -1.84. The second kappa shape index (κ2) is 6.82. The monoisotopic (exact) mass is 363 g/mol. The summed E-state index contributed by atoms with van der Waals surface area (Å²) in [5.74, 6) is 0.831. The average Bonchev–Trinajstić information content (AvgIpc) is 2.97. The highest BCUT2D eigenvalue weighted by molar-refractivity contribution is 7.27. The molecule has 0 aliphatic carbocycles. The lowest BCUT2D eigenvalue weighted by molar-refractivity contribution is 0.0240. The second-order valence-corrected chi connectivity index (χ2v) is 8.17. The van der Waals surface area contributed by atoms with Crippen molar-refractivity contribution in [3.8, 4) is 0 Å². The quantitative estimate of drug-likeness (QED) is 0.776. The van der Waals surface area contributed by atoms with E-state index in [1.54, 1.807) is 17.2 Å². The van der Waals surface area contributed by atoms with Crippen LogP contribution in [0.5, 0.6) is 0 Å². The van der Waals surface area contributed by atoms with Gasteiger partial charge < -0.3 is 24.6 Å². The van der Waals surface area contributed by atoms with Crippen molar-refractivity contribution in [2.75, 3.05) is 31.1 Å². The maximum Gasteiger partial charge on any atom is 0.499 e. The number of carbonyl (C=O) groups is 1. The van der Waals surface area contributed by atoms with Crippen molar-refractivity contribution in [1.82, 2.24) is 9.88 Å². The number of hydrogen-bond donors (Lipinski definition) is 2. The van der Waals surface area contributed by atoms with E-state index in [1.165, 1.54) is 11.3 Å². The van der Waals surface area contributed by atoms with Crippen LogP contribution >= 0.6 is 11.3 Å². The van der Waals surface area contributed by atoms with Gasteiger partial charge in [-0.3, -0.25) is 0 Å². The highest BCUT2D eigenvalue weighted by atomic mass is 32.1. The van der Waals surface area contributed by atoms with Gasteiger partial charge in [-0.25, -0.2) is 9.78 Å². The van der Waals surface area contributed by atoms with E-state index in [9.17, 15) is 14.8 Å². The molecule has 2 aromatic rings. The van der Waals surface area contributed by atoms with Crippen molar-refractivity contribution in [3.05, 3.63) is 18.3 Å². The molecule has 1 amide bonds. The number of fused-ring (bicyclic) bond motifs is 1. The minimum Gasteiger partial charge on any atom is -0.444 e. The first-order chi connectivity index (χ1) is 11.7. The Kier molecular flexibility index (Phi) is 4.90. The normalized spacial score (nSPS) is 15.6. The molecular weight excluding hydrogens is 341 g/mol. The fourth-order valence-electron chi connectivity index (χ4n) is 2.69. The van der Waals surface area contributed by atoms with Crippen LogP contribution in [0.2, 0.25) is 0 Å². The van der Waals surface area contributed by atoms with Gasteiger partial charge in [0.25, 0.3) is 0 Å². The molecule has 0 atom stereocenters. The molecule has 3 rings (SSSR count). The van der Waals surface area contributed by atoms with Gasteiger partial charge in [-0.1, -0.05) is 0 Å². The molecule has 1 saturated heterocycles. The van der Waals surface area contributed by atoms with Gasteiger partial charge in [-0.05, 0) is 32.9 Å². The van der Waals surface area contributed by atoms with Crippen molar-refractivity contribution in [2.24, 2.45) is 0 Å². The van der Waals surface area contributed by atoms with E-state index in [0.717, 1.165) is 15.9 Å². The SMILES string of the molecule is CC(C)(C)OC(=O)N1CCN(c2cc3sc(B(O)O)cc3cn2)CC1. The molecule has 1 aliphatic rings. The van der Waals surface area contributed by atoms with Gasteiger partial charge in [0, 0.05) is 47.2 Å². The topological polar surface area (TPSA) is 86.1 Å². The van der Waals surface area contributed by atoms with E-state index in [4.69, 9.17) is 4.74 Å². The summed E-state index contributed by atoms with van der Waals surface area (Å²) in [6.45, 7) is 8.10. The van der Waals surface area contributed by atoms with Gasteiger partial charge in [0.1, 0.15) is 11.4 Å². The number of amides is 1. The third-order valence-corrected chi connectivity index (χ3v) is 5.05. The van der Waals surface area contributed by atoms with Crippen LogP contribution in [0.15, 0.2) is 18.3 Å². The minimum atomic E-state index is -1.46. The molecule has 0 saturated carbocycles. The Morgan fingerprint density at radius 3 is 2.52 bits per heavy atom. The molecule has 2 aromatic heterocycles. The lowest BCUT2D eigenvalue weighted by Crippen LogP contribution is -2.50. The summed E-state index contributed by atoms with van der Waals surface area (Å²) in [5.41, 5.74) is -0.491. The first-order valence-corrected chi connectivity index (χ1v) is 9.03. The molecule has 0 unspecified atom stereocenters. The number of carbonyl (C=O) groups excluding carboxylic acids is 1. The van der Waals surface area contributed by atoms with Gasteiger partial charge in [0.15, 0.2) is 0 Å². The van der Waals surface area contributed by atoms with E-state index in [2.05, 4.69) is 9.88 Å². The summed E-state index contributed by atoms with van der Waals surface area (Å²) in [7, 11) is -1.46. The predicted molar refractivity (Wildman–Crippen MR) is 99.5 cm³/mol. The predicted octanol–water partition coefficient (Wildman–Crippen LogP) is 1.03. The Morgan fingerprint density at radius 2 is 1.92 bits per heavy atom. The molecule has 2 N–H and O–H groups in total. The van der Waals surface area contributed by atoms with Crippen LogP contribution in [0.1, 0.15) is 20.8 Å². The largest absolute Gasteiger partial charge is 0.499 e. The van der Waals surface area contributed by atoms with Crippen molar-refractivity contribution in [2.45, 2.75) is 26.4 Å². The zero-order valence-corrected chi connectivity index (χ0v) is 15.4. The van der Waals surface area contributed by atoms with Crippen LogP contribution in [0.25, 0.3) is 10.1 Å².